The van der Waals surface area contributed by atoms with E-state index >= 15 is 0 Å². The molecular weight excluding hydrogens is 408 g/mol. The Bertz CT molecular complexity index is 803. The van der Waals surface area contributed by atoms with E-state index < -0.39 is 11.8 Å². The van der Waals surface area contributed by atoms with Crippen molar-refractivity contribution in [2.75, 3.05) is 46.9 Å². The number of carbonyl (C=O) groups is 3. The van der Waals surface area contributed by atoms with Gasteiger partial charge < -0.3 is 19.9 Å². The molecule has 3 rings (SSSR count). The summed E-state index contributed by atoms with van der Waals surface area (Å²) in [5.74, 6) is 0.0170. The monoisotopic (exact) mass is 444 g/mol. The molecule has 0 radical (unpaired) electrons. The van der Waals surface area contributed by atoms with Gasteiger partial charge in [-0.25, -0.2) is 0 Å². The van der Waals surface area contributed by atoms with E-state index in [0.29, 0.717) is 56.9 Å². The number of benzene rings is 1. The lowest BCUT2D eigenvalue weighted by atomic mass is 9.96. The van der Waals surface area contributed by atoms with Gasteiger partial charge in [0.2, 0.25) is 11.8 Å². The summed E-state index contributed by atoms with van der Waals surface area (Å²) in [5, 5.41) is 2.94. The molecular formula is C24H36N4O4. The van der Waals surface area contributed by atoms with E-state index in [1.165, 1.54) is 0 Å². The normalized spacial score (nSPS) is 20.2. The van der Waals surface area contributed by atoms with Crippen LogP contribution in [0.25, 0.3) is 0 Å². The standard InChI is InChI=1S/C24H36N4O4/c1-18(2)16-21(29)27-13-10-24(11-14-27)28(23(31)19-8-6-5-7-9-19)20(17-32-24)22(30)25-12-15-26(3)4/h5-9,18,20H,10-17H2,1-4H3,(H,25,30). The molecule has 32 heavy (non-hydrogen) atoms. The van der Waals surface area contributed by atoms with Gasteiger partial charge >= 0.3 is 0 Å². The molecule has 8 nitrogen and oxygen atoms in total. The number of ether oxygens (including phenoxy) is 1. The highest BCUT2D eigenvalue weighted by atomic mass is 16.5. The lowest BCUT2D eigenvalue weighted by molar-refractivity contribution is -0.144. The molecule has 2 heterocycles. The number of amides is 3. The van der Waals surface area contributed by atoms with Gasteiger partial charge in [-0.3, -0.25) is 19.3 Å². The second-order valence-electron chi connectivity index (χ2n) is 9.39. The molecule has 2 saturated heterocycles. The molecule has 1 aromatic rings. The van der Waals surface area contributed by atoms with Gasteiger partial charge in [-0.1, -0.05) is 32.0 Å². The molecule has 0 saturated carbocycles. The summed E-state index contributed by atoms with van der Waals surface area (Å²) in [4.78, 5) is 44.6. The SMILES string of the molecule is CC(C)CC(=O)N1CCC2(CC1)OCC(C(=O)NCCN(C)C)N2C(=O)c1ccccc1. The summed E-state index contributed by atoms with van der Waals surface area (Å²) < 4.78 is 6.20. The third-order valence-corrected chi connectivity index (χ3v) is 6.14. The number of likely N-dealkylation sites (tertiary alicyclic amines) is 1. The Kier molecular flexibility index (Phi) is 7.90. The van der Waals surface area contributed by atoms with Crippen LogP contribution in [0.2, 0.25) is 0 Å². The zero-order valence-electron chi connectivity index (χ0n) is 19.7. The fourth-order valence-electron chi connectivity index (χ4n) is 4.39. The van der Waals surface area contributed by atoms with Crippen LogP contribution in [0.1, 0.15) is 43.5 Å². The van der Waals surface area contributed by atoms with Crippen LogP contribution in [0.5, 0.6) is 0 Å². The zero-order chi connectivity index (χ0) is 23.3. The molecule has 2 fully saturated rings. The highest BCUT2D eigenvalue weighted by molar-refractivity contribution is 5.98. The number of hydrogen-bond donors (Lipinski definition) is 1. The van der Waals surface area contributed by atoms with Crippen molar-refractivity contribution in [3.63, 3.8) is 0 Å². The summed E-state index contributed by atoms with van der Waals surface area (Å²) in [6, 6.07) is 8.32. The summed E-state index contributed by atoms with van der Waals surface area (Å²) in [6.07, 6.45) is 1.51. The van der Waals surface area contributed by atoms with Crippen LogP contribution in [0.4, 0.5) is 0 Å². The van der Waals surface area contributed by atoms with Crippen LogP contribution in [-0.4, -0.2) is 91.1 Å². The van der Waals surface area contributed by atoms with Crippen LogP contribution in [0, 0.1) is 5.92 Å². The molecule has 176 valence electrons. The van der Waals surface area contributed by atoms with Crippen molar-refractivity contribution in [1.29, 1.82) is 0 Å². The number of hydrogen-bond acceptors (Lipinski definition) is 5. The van der Waals surface area contributed by atoms with E-state index in [1.54, 1.807) is 17.0 Å². The van der Waals surface area contributed by atoms with Crippen LogP contribution in [0.15, 0.2) is 30.3 Å². The van der Waals surface area contributed by atoms with Gasteiger partial charge in [0.05, 0.1) is 6.61 Å². The van der Waals surface area contributed by atoms with Gasteiger partial charge in [0.15, 0.2) is 0 Å². The smallest absolute Gasteiger partial charge is 0.256 e. The van der Waals surface area contributed by atoms with Crippen LogP contribution >= 0.6 is 0 Å². The predicted molar refractivity (Wildman–Crippen MR) is 122 cm³/mol. The molecule has 2 aliphatic rings. The first-order valence-corrected chi connectivity index (χ1v) is 11.5. The zero-order valence-corrected chi connectivity index (χ0v) is 19.7. The maximum Gasteiger partial charge on any atom is 0.256 e. The minimum Gasteiger partial charge on any atom is -0.353 e. The summed E-state index contributed by atoms with van der Waals surface area (Å²) in [5.41, 5.74) is -0.341. The summed E-state index contributed by atoms with van der Waals surface area (Å²) >= 11 is 0. The lowest BCUT2D eigenvalue weighted by Gasteiger charge is -2.44. The molecule has 3 amide bonds. The van der Waals surface area contributed by atoms with Crippen LogP contribution in [-0.2, 0) is 14.3 Å². The first-order chi connectivity index (χ1) is 15.2. The molecule has 2 aliphatic heterocycles. The van der Waals surface area contributed by atoms with E-state index in [-0.39, 0.29) is 24.3 Å². The van der Waals surface area contributed by atoms with Crippen LogP contribution in [0.3, 0.4) is 0 Å². The molecule has 8 heteroatoms. The number of carbonyl (C=O) groups excluding carboxylic acids is 3. The highest BCUT2D eigenvalue weighted by Gasteiger charge is 2.54. The predicted octanol–water partition coefficient (Wildman–Crippen LogP) is 1.57. The van der Waals surface area contributed by atoms with E-state index in [0.717, 1.165) is 0 Å². The molecule has 1 aromatic carbocycles. The quantitative estimate of drug-likeness (QED) is 0.690. The molecule has 1 N–H and O–H groups in total. The Morgan fingerprint density at radius 3 is 2.41 bits per heavy atom. The molecule has 0 aromatic heterocycles. The van der Waals surface area contributed by atoms with Crippen molar-refractivity contribution in [3.8, 4) is 0 Å². The number of piperidine rings is 1. The number of rotatable bonds is 7. The fraction of sp³-hybridized carbons (Fsp3) is 0.625. The number of nitrogens with zero attached hydrogens (tertiary/aromatic N) is 3. The molecule has 1 atom stereocenters. The average molecular weight is 445 g/mol. The Labute approximate surface area is 190 Å². The lowest BCUT2D eigenvalue weighted by Crippen LogP contribution is -2.60. The van der Waals surface area contributed by atoms with Crippen molar-refractivity contribution in [2.45, 2.75) is 44.9 Å². The maximum absolute atomic E-state index is 13.6. The van der Waals surface area contributed by atoms with E-state index in [4.69, 9.17) is 4.74 Å². The van der Waals surface area contributed by atoms with Gasteiger partial charge in [-0.05, 0) is 32.1 Å². The Hall–Kier alpha value is -2.45. The first-order valence-electron chi connectivity index (χ1n) is 11.5. The van der Waals surface area contributed by atoms with Crippen molar-refractivity contribution in [1.82, 2.24) is 20.0 Å². The van der Waals surface area contributed by atoms with Gasteiger partial charge in [0.25, 0.3) is 5.91 Å². The minimum absolute atomic E-state index is 0.131. The topological polar surface area (TPSA) is 82.2 Å². The second-order valence-corrected chi connectivity index (χ2v) is 9.39. The average Bonchev–Trinajstić information content (AvgIpc) is 3.12. The van der Waals surface area contributed by atoms with E-state index in [2.05, 4.69) is 5.32 Å². The van der Waals surface area contributed by atoms with Gasteiger partial charge in [0, 0.05) is 51.0 Å². The number of nitrogens with one attached hydrogen (secondary N) is 1. The fourth-order valence-corrected chi connectivity index (χ4v) is 4.39. The van der Waals surface area contributed by atoms with Crippen molar-refractivity contribution in [3.05, 3.63) is 35.9 Å². The first kappa shape index (κ1) is 24.2. The third kappa shape index (κ3) is 5.48. The van der Waals surface area contributed by atoms with Crippen molar-refractivity contribution in [2.24, 2.45) is 5.92 Å². The van der Waals surface area contributed by atoms with E-state index in [1.807, 2.05) is 55.9 Å². The third-order valence-electron chi connectivity index (χ3n) is 6.14. The number of likely N-dealkylation sites (N-methyl/N-ethyl adjacent to an activating group) is 1. The summed E-state index contributed by atoms with van der Waals surface area (Å²) in [7, 11) is 3.89. The Balaban J connectivity index is 1.78. The molecule has 1 spiro atoms. The largest absolute Gasteiger partial charge is 0.353 e. The second kappa shape index (κ2) is 10.4. The molecule has 0 bridgehead atoms. The molecule has 1 unspecified atom stereocenters. The Morgan fingerprint density at radius 2 is 1.81 bits per heavy atom. The Morgan fingerprint density at radius 1 is 1.16 bits per heavy atom. The van der Waals surface area contributed by atoms with Gasteiger partial charge in [0.1, 0.15) is 11.8 Å². The highest BCUT2D eigenvalue weighted by Crippen LogP contribution is 2.38. The van der Waals surface area contributed by atoms with E-state index in [9.17, 15) is 14.4 Å². The minimum atomic E-state index is -0.870. The summed E-state index contributed by atoms with van der Waals surface area (Å²) in [6.45, 7) is 6.46. The van der Waals surface area contributed by atoms with Gasteiger partial charge in [-0.2, -0.15) is 0 Å². The molecule has 0 aliphatic carbocycles. The van der Waals surface area contributed by atoms with Crippen molar-refractivity contribution >= 4 is 17.7 Å². The maximum atomic E-state index is 13.6. The van der Waals surface area contributed by atoms with Crippen LogP contribution < -0.4 is 5.32 Å². The van der Waals surface area contributed by atoms with Crippen molar-refractivity contribution < 1.29 is 19.1 Å². The van der Waals surface area contributed by atoms with Gasteiger partial charge in [-0.15, -0.1) is 0 Å².